The molecule has 0 atom stereocenters. The lowest BCUT2D eigenvalue weighted by atomic mass is 10.1. The number of halogens is 1. The summed E-state index contributed by atoms with van der Waals surface area (Å²) in [7, 11) is 1.48. The highest BCUT2D eigenvalue weighted by Crippen LogP contribution is 2.32. The Kier molecular flexibility index (Phi) is 3.49. The Morgan fingerprint density at radius 1 is 1.64 bits per heavy atom. The molecule has 1 aromatic rings. The number of ketones is 1. The summed E-state index contributed by atoms with van der Waals surface area (Å²) in [4.78, 5) is 11.3. The maximum absolute atomic E-state index is 11.3. The van der Waals surface area contributed by atoms with Crippen molar-refractivity contribution < 1.29 is 14.6 Å². The second-order valence-corrected chi connectivity index (χ2v) is 3.49. The Morgan fingerprint density at radius 2 is 2.29 bits per heavy atom. The average molecular weight is 260 g/mol. The predicted molar refractivity (Wildman–Crippen MR) is 55.7 cm³/mol. The van der Waals surface area contributed by atoms with Crippen LogP contribution in [0.25, 0.3) is 0 Å². The standard InChI is InChI=1S/C9H10BrNO3/c1-14-5-2-6(8(12)4-11)9(13)7(10)3-5/h2-3,13H,4,11H2,1H3. The molecule has 0 amide bonds. The van der Waals surface area contributed by atoms with Crippen LogP contribution in [0.3, 0.4) is 0 Å². The maximum Gasteiger partial charge on any atom is 0.180 e. The molecule has 76 valence electrons. The number of benzene rings is 1. The molecule has 1 aromatic carbocycles. The number of hydrogen-bond acceptors (Lipinski definition) is 4. The third-order valence-electron chi connectivity index (χ3n) is 1.76. The fourth-order valence-electron chi connectivity index (χ4n) is 1.01. The first-order valence-electron chi connectivity index (χ1n) is 3.90. The van der Waals surface area contributed by atoms with Gasteiger partial charge in [0.05, 0.1) is 23.7 Å². The van der Waals surface area contributed by atoms with Crippen molar-refractivity contribution in [1.82, 2.24) is 0 Å². The van der Waals surface area contributed by atoms with Crippen LogP contribution in [0.5, 0.6) is 11.5 Å². The van der Waals surface area contributed by atoms with E-state index in [1.807, 2.05) is 0 Å². The molecule has 0 saturated carbocycles. The second kappa shape index (κ2) is 4.43. The molecule has 14 heavy (non-hydrogen) atoms. The summed E-state index contributed by atoms with van der Waals surface area (Å²) < 4.78 is 5.36. The summed E-state index contributed by atoms with van der Waals surface area (Å²) in [5.74, 6) is 0.0508. The summed E-state index contributed by atoms with van der Waals surface area (Å²) in [5.41, 5.74) is 5.36. The van der Waals surface area contributed by atoms with Crippen LogP contribution in [0, 0.1) is 0 Å². The van der Waals surface area contributed by atoms with E-state index in [-0.39, 0.29) is 23.6 Å². The molecule has 0 bridgehead atoms. The topological polar surface area (TPSA) is 72.5 Å². The minimum Gasteiger partial charge on any atom is -0.506 e. The molecule has 0 spiro atoms. The van der Waals surface area contributed by atoms with Gasteiger partial charge >= 0.3 is 0 Å². The van der Waals surface area contributed by atoms with Crippen molar-refractivity contribution in [3.05, 3.63) is 22.2 Å². The molecule has 1 rings (SSSR count). The highest BCUT2D eigenvalue weighted by atomic mass is 79.9. The van der Waals surface area contributed by atoms with Crippen LogP contribution < -0.4 is 10.5 Å². The van der Waals surface area contributed by atoms with E-state index in [0.717, 1.165) is 0 Å². The maximum atomic E-state index is 11.3. The molecule has 0 aliphatic heterocycles. The molecule has 0 aromatic heterocycles. The number of rotatable bonds is 3. The fraction of sp³-hybridized carbons (Fsp3) is 0.222. The largest absolute Gasteiger partial charge is 0.506 e. The lowest BCUT2D eigenvalue weighted by Gasteiger charge is -2.07. The third kappa shape index (κ3) is 2.05. The van der Waals surface area contributed by atoms with Gasteiger partial charge in [0.25, 0.3) is 0 Å². The molecule has 0 aliphatic rings. The summed E-state index contributed by atoms with van der Waals surface area (Å²) >= 11 is 3.11. The van der Waals surface area contributed by atoms with Crippen molar-refractivity contribution in [2.45, 2.75) is 0 Å². The highest BCUT2D eigenvalue weighted by molar-refractivity contribution is 9.10. The number of phenols is 1. The third-order valence-corrected chi connectivity index (χ3v) is 2.36. The van der Waals surface area contributed by atoms with Crippen molar-refractivity contribution >= 4 is 21.7 Å². The van der Waals surface area contributed by atoms with E-state index < -0.39 is 0 Å². The fourth-order valence-corrected chi connectivity index (χ4v) is 1.45. The Bertz CT molecular complexity index is 365. The Balaban J connectivity index is 3.27. The molecule has 4 nitrogen and oxygen atoms in total. The minimum atomic E-state index is -0.331. The number of phenolic OH excluding ortho intramolecular Hbond substituents is 1. The number of methoxy groups -OCH3 is 1. The van der Waals surface area contributed by atoms with Crippen molar-refractivity contribution in [2.24, 2.45) is 5.73 Å². The highest BCUT2D eigenvalue weighted by Gasteiger charge is 2.14. The van der Waals surface area contributed by atoms with Crippen molar-refractivity contribution in [3.63, 3.8) is 0 Å². The smallest absolute Gasteiger partial charge is 0.180 e. The van der Waals surface area contributed by atoms with Crippen LogP contribution in [0.4, 0.5) is 0 Å². The van der Waals surface area contributed by atoms with E-state index in [1.54, 1.807) is 6.07 Å². The Labute approximate surface area is 89.8 Å². The van der Waals surface area contributed by atoms with Crippen LogP contribution in [-0.2, 0) is 0 Å². The van der Waals surface area contributed by atoms with Gasteiger partial charge < -0.3 is 15.6 Å². The first-order chi connectivity index (χ1) is 6.60. The van der Waals surface area contributed by atoms with Crippen LogP contribution in [0.2, 0.25) is 0 Å². The predicted octanol–water partition coefficient (Wildman–Crippen LogP) is 1.30. The molecule has 0 heterocycles. The van der Waals surface area contributed by atoms with Gasteiger partial charge in [-0.05, 0) is 28.1 Å². The Morgan fingerprint density at radius 3 is 2.79 bits per heavy atom. The first kappa shape index (κ1) is 11.0. The molecule has 3 N–H and O–H groups in total. The first-order valence-corrected chi connectivity index (χ1v) is 4.69. The molecule has 0 saturated heterocycles. The minimum absolute atomic E-state index is 0.110. The van der Waals surface area contributed by atoms with Gasteiger partial charge in [-0.25, -0.2) is 0 Å². The number of hydrogen-bond donors (Lipinski definition) is 2. The quantitative estimate of drug-likeness (QED) is 0.803. The summed E-state index contributed by atoms with van der Waals surface area (Å²) in [5, 5.41) is 9.54. The van der Waals surface area contributed by atoms with E-state index in [1.165, 1.54) is 13.2 Å². The molecular formula is C9H10BrNO3. The monoisotopic (exact) mass is 259 g/mol. The van der Waals surface area contributed by atoms with Crippen LogP contribution in [-0.4, -0.2) is 24.5 Å². The Hall–Kier alpha value is -1.07. The van der Waals surface area contributed by atoms with E-state index in [0.29, 0.717) is 10.2 Å². The van der Waals surface area contributed by atoms with Crippen LogP contribution in [0.1, 0.15) is 10.4 Å². The second-order valence-electron chi connectivity index (χ2n) is 2.63. The van der Waals surface area contributed by atoms with Gasteiger partial charge in [0, 0.05) is 0 Å². The molecule has 0 unspecified atom stereocenters. The van der Waals surface area contributed by atoms with Crippen molar-refractivity contribution in [1.29, 1.82) is 0 Å². The molecule has 0 fully saturated rings. The summed E-state index contributed by atoms with van der Waals surface area (Å²) in [6, 6.07) is 3.03. The zero-order valence-corrected chi connectivity index (χ0v) is 9.17. The van der Waals surface area contributed by atoms with Crippen molar-refractivity contribution in [3.8, 4) is 11.5 Å². The SMILES string of the molecule is COc1cc(Br)c(O)c(C(=O)CN)c1. The lowest BCUT2D eigenvalue weighted by molar-refractivity contribution is 0.0998. The molecule has 5 heteroatoms. The van der Waals surface area contributed by atoms with Crippen LogP contribution in [0.15, 0.2) is 16.6 Å². The van der Waals surface area contributed by atoms with Gasteiger partial charge in [0.1, 0.15) is 11.5 Å². The number of nitrogens with two attached hydrogens (primary N) is 1. The molecular weight excluding hydrogens is 250 g/mol. The number of carbonyl (C=O) groups is 1. The van der Waals surface area contributed by atoms with Gasteiger partial charge in [-0.2, -0.15) is 0 Å². The van der Waals surface area contributed by atoms with E-state index in [9.17, 15) is 9.90 Å². The zero-order valence-electron chi connectivity index (χ0n) is 7.58. The van der Waals surface area contributed by atoms with E-state index in [4.69, 9.17) is 10.5 Å². The number of ether oxygens (including phenoxy) is 1. The molecule has 0 radical (unpaired) electrons. The average Bonchev–Trinajstić information content (AvgIpc) is 2.20. The van der Waals surface area contributed by atoms with Gasteiger partial charge in [-0.1, -0.05) is 0 Å². The normalized spacial score (nSPS) is 9.93. The molecule has 0 aliphatic carbocycles. The van der Waals surface area contributed by atoms with E-state index >= 15 is 0 Å². The van der Waals surface area contributed by atoms with Crippen molar-refractivity contribution in [2.75, 3.05) is 13.7 Å². The summed E-state index contributed by atoms with van der Waals surface area (Å²) in [6.45, 7) is -0.146. The van der Waals surface area contributed by atoms with Crippen LogP contribution >= 0.6 is 15.9 Å². The van der Waals surface area contributed by atoms with Gasteiger partial charge in [-0.15, -0.1) is 0 Å². The van der Waals surface area contributed by atoms with Gasteiger partial charge in [-0.3, -0.25) is 4.79 Å². The van der Waals surface area contributed by atoms with Gasteiger partial charge in [0.15, 0.2) is 5.78 Å². The van der Waals surface area contributed by atoms with Gasteiger partial charge in [0.2, 0.25) is 0 Å². The van der Waals surface area contributed by atoms with E-state index in [2.05, 4.69) is 15.9 Å². The lowest BCUT2D eigenvalue weighted by Crippen LogP contribution is -2.13. The number of Topliss-reactive ketones (excluding diaryl/α,β-unsaturated/α-hetero) is 1. The zero-order chi connectivity index (χ0) is 10.7. The number of aromatic hydroxyl groups is 1. The number of carbonyl (C=O) groups excluding carboxylic acids is 1. The summed E-state index contributed by atoms with van der Waals surface area (Å²) in [6.07, 6.45) is 0.